The minimum Gasteiger partial charge on any atom is -0.489 e. The zero-order valence-corrected chi connectivity index (χ0v) is 22.7. The third-order valence-electron chi connectivity index (χ3n) is 8.90. The second kappa shape index (κ2) is 9.58. The van der Waals surface area contributed by atoms with Gasteiger partial charge in [0.15, 0.2) is 11.5 Å². The average Bonchev–Trinajstić information content (AvgIpc) is 3.52. The molecule has 1 saturated heterocycles. The van der Waals surface area contributed by atoms with Crippen LogP contribution in [0.5, 0.6) is 5.75 Å². The Morgan fingerprint density at radius 3 is 2.67 bits per heavy atom. The van der Waals surface area contributed by atoms with E-state index >= 15 is 0 Å². The molecule has 4 aromatic rings. The molecule has 11 heteroatoms. The van der Waals surface area contributed by atoms with E-state index in [0.29, 0.717) is 17.1 Å². The Labute approximate surface area is 231 Å². The number of ether oxygens (including phenoxy) is 2. The Hall–Kier alpha value is -3.99. The van der Waals surface area contributed by atoms with E-state index in [0.717, 1.165) is 68.2 Å². The van der Waals surface area contributed by atoms with Gasteiger partial charge < -0.3 is 19.7 Å². The molecule has 4 heterocycles. The predicted octanol–water partition coefficient (Wildman–Crippen LogP) is 3.15. The van der Waals surface area contributed by atoms with Gasteiger partial charge in [0.2, 0.25) is 5.91 Å². The van der Waals surface area contributed by atoms with E-state index in [1.54, 1.807) is 35.6 Å². The molecule has 2 amide bonds. The number of likely N-dealkylation sites (tertiary alicyclic amines) is 1. The lowest BCUT2D eigenvalue weighted by molar-refractivity contribution is -0.143. The van der Waals surface area contributed by atoms with Crippen molar-refractivity contribution in [2.75, 3.05) is 20.2 Å². The lowest BCUT2D eigenvalue weighted by Gasteiger charge is -2.53. The molecule has 11 nitrogen and oxygen atoms in total. The predicted molar refractivity (Wildman–Crippen MR) is 146 cm³/mol. The van der Waals surface area contributed by atoms with E-state index in [9.17, 15) is 9.59 Å². The van der Waals surface area contributed by atoms with Crippen LogP contribution < -0.4 is 10.1 Å². The van der Waals surface area contributed by atoms with Crippen molar-refractivity contribution in [2.24, 2.45) is 5.41 Å². The largest absolute Gasteiger partial charge is 0.489 e. The first-order chi connectivity index (χ1) is 19.4. The van der Waals surface area contributed by atoms with Gasteiger partial charge in [-0.15, -0.1) is 0 Å². The third-order valence-corrected chi connectivity index (χ3v) is 8.90. The van der Waals surface area contributed by atoms with Gasteiger partial charge in [0.25, 0.3) is 5.91 Å². The lowest BCUT2D eigenvalue weighted by atomic mass is 9.67. The Balaban J connectivity index is 1.13. The summed E-state index contributed by atoms with van der Waals surface area (Å²) in [6.45, 7) is 3.31. The number of rotatable bonds is 6. The molecule has 40 heavy (non-hydrogen) atoms. The topological polar surface area (TPSA) is 116 Å². The molecule has 0 atom stereocenters. The van der Waals surface area contributed by atoms with Gasteiger partial charge in [-0.05, 0) is 43.9 Å². The van der Waals surface area contributed by atoms with Gasteiger partial charge in [-0.1, -0.05) is 0 Å². The van der Waals surface area contributed by atoms with E-state index in [2.05, 4.69) is 15.4 Å². The molecule has 1 spiro atoms. The van der Waals surface area contributed by atoms with Crippen LogP contribution in [-0.4, -0.2) is 79.5 Å². The summed E-state index contributed by atoms with van der Waals surface area (Å²) in [5.74, 6) is 1.25. The first-order valence-electron chi connectivity index (χ1n) is 14.0. The second-order valence-electron chi connectivity index (χ2n) is 11.6. The van der Waals surface area contributed by atoms with E-state index in [1.165, 1.54) is 0 Å². The molecule has 1 aliphatic heterocycles. The number of carbonyl (C=O) groups excluding carboxylic acids is 2. The fourth-order valence-electron chi connectivity index (χ4n) is 6.34. The van der Waals surface area contributed by atoms with Crippen molar-refractivity contribution in [3.05, 3.63) is 48.4 Å². The summed E-state index contributed by atoms with van der Waals surface area (Å²) < 4.78 is 15.2. The van der Waals surface area contributed by atoms with Crippen molar-refractivity contribution in [1.82, 2.24) is 34.6 Å². The number of fused-ring (bicyclic) bond motifs is 2. The van der Waals surface area contributed by atoms with Gasteiger partial charge >= 0.3 is 0 Å². The molecule has 3 fully saturated rings. The third kappa shape index (κ3) is 4.38. The van der Waals surface area contributed by atoms with Crippen LogP contribution in [0, 0.1) is 5.41 Å². The number of nitrogens with zero attached hydrogens (tertiary/aromatic N) is 6. The SMILES string of the molecule is COC1CC(Oc2cc3nn(-c4cnc5cccnn45)cc3cc2C(=O)NC2CCC3(CC2)CN(C(C)=O)C3)C1. The van der Waals surface area contributed by atoms with Crippen LogP contribution in [0.1, 0.15) is 55.8 Å². The number of nitrogens with one attached hydrogen (secondary N) is 1. The van der Waals surface area contributed by atoms with E-state index < -0.39 is 0 Å². The van der Waals surface area contributed by atoms with Gasteiger partial charge in [0.05, 0.1) is 23.4 Å². The van der Waals surface area contributed by atoms with Crippen molar-refractivity contribution in [3.63, 3.8) is 0 Å². The van der Waals surface area contributed by atoms with Crippen molar-refractivity contribution in [3.8, 4) is 11.6 Å². The van der Waals surface area contributed by atoms with Gasteiger partial charge in [0, 0.05) is 75.3 Å². The van der Waals surface area contributed by atoms with Crippen molar-refractivity contribution >= 4 is 28.4 Å². The van der Waals surface area contributed by atoms with Crippen molar-refractivity contribution < 1.29 is 19.1 Å². The van der Waals surface area contributed by atoms with Crippen LogP contribution in [0.15, 0.2) is 42.9 Å². The molecule has 2 saturated carbocycles. The maximum Gasteiger partial charge on any atom is 0.255 e. The summed E-state index contributed by atoms with van der Waals surface area (Å²) in [6, 6.07) is 7.55. The maximum atomic E-state index is 13.7. The average molecular weight is 544 g/mol. The standard InChI is InChI=1S/C29H33N7O4/c1-18(37)34-16-29(17-34)7-5-20(6-8-29)32-28(38)23-10-19-15-35(27-14-30-26-4-3-9-31-36(26)27)33-24(19)13-25(23)40-22-11-21(12-22)39-2/h3-4,9-10,13-15,20-22H,5-8,11-12,16-17H2,1-2H3,(H,32,38). The van der Waals surface area contributed by atoms with Crippen LogP contribution in [0.2, 0.25) is 0 Å². The molecular weight excluding hydrogens is 510 g/mol. The van der Waals surface area contributed by atoms with Gasteiger partial charge in [-0.25, -0.2) is 9.67 Å². The second-order valence-corrected chi connectivity index (χ2v) is 11.6. The van der Waals surface area contributed by atoms with E-state index in [1.807, 2.05) is 35.4 Å². The summed E-state index contributed by atoms with van der Waals surface area (Å²) in [5.41, 5.74) is 2.18. The molecule has 208 valence electrons. The minimum absolute atomic E-state index is 0.00335. The molecule has 1 aromatic carbocycles. The zero-order valence-electron chi connectivity index (χ0n) is 22.7. The monoisotopic (exact) mass is 543 g/mol. The Morgan fingerprint density at radius 1 is 1.12 bits per heavy atom. The smallest absolute Gasteiger partial charge is 0.255 e. The summed E-state index contributed by atoms with van der Waals surface area (Å²) in [6.07, 6.45) is 10.9. The highest BCUT2D eigenvalue weighted by molar-refractivity contribution is 6.01. The highest BCUT2D eigenvalue weighted by Gasteiger charge is 2.46. The van der Waals surface area contributed by atoms with Crippen LogP contribution in [0.25, 0.3) is 22.4 Å². The zero-order chi connectivity index (χ0) is 27.4. The number of carbonyl (C=O) groups is 2. The summed E-state index contributed by atoms with van der Waals surface area (Å²) in [4.78, 5) is 31.6. The van der Waals surface area contributed by atoms with Gasteiger partial charge in [0.1, 0.15) is 11.9 Å². The molecule has 7 rings (SSSR count). The molecular formula is C29H33N7O4. The van der Waals surface area contributed by atoms with Crippen molar-refractivity contribution in [1.29, 1.82) is 0 Å². The fraction of sp³-hybridized carbons (Fsp3) is 0.483. The summed E-state index contributed by atoms with van der Waals surface area (Å²) in [5, 5.41) is 13.3. The maximum absolute atomic E-state index is 13.7. The molecule has 3 aromatic heterocycles. The highest BCUT2D eigenvalue weighted by atomic mass is 16.5. The first-order valence-corrected chi connectivity index (χ1v) is 14.0. The van der Waals surface area contributed by atoms with Crippen LogP contribution in [0.3, 0.4) is 0 Å². The van der Waals surface area contributed by atoms with Gasteiger partial charge in [-0.3, -0.25) is 9.59 Å². The van der Waals surface area contributed by atoms with Crippen LogP contribution in [0.4, 0.5) is 0 Å². The summed E-state index contributed by atoms with van der Waals surface area (Å²) >= 11 is 0. The molecule has 2 aliphatic carbocycles. The molecule has 0 bridgehead atoms. The highest BCUT2D eigenvalue weighted by Crippen LogP contribution is 2.44. The van der Waals surface area contributed by atoms with E-state index in [4.69, 9.17) is 14.6 Å². The Kier molecular flexibility index (Phi) is 5.99. The fourth-order valence-corrected chi connectivity index (χ4v) is 6.34. The quantitative estimate of drug-likeness (QED) is 0.397. The molecule has 0 unspecified atom stereocenters. The van der Waals surface area contributed by atoms with Gasteiger partial charge in [-0.2, -0.15) is 14.7 Å². The number of amides is 2. The molecule has 3 aliphatic rings. The number of imidazole rings is 1. The Bertz CT molecular complexity index is 1590. The number of methoxy groups -OCH3 is 1. The number of hydrogen-bond acceptors (Lipinski definition) is 7. The summed E-state index contributed by atoms with van der Waals surface area (Å²) in [7, 11) is 1.71. The number of aromatic nitrogens is 5. The minimum atomic E-state index is -0.136. The lowest BCUT2D eigenvalue weighted by Crippen LogP contribution is -2.60. The van der Waals surface area contributed by atoms with Crippen molar-refractivity contribution in [2.45, 2.75) is 63.7 Å². The number of benzene rings is 1. The first kappa shape index (κ1) is 25.0. The number of hydrogen-bond donors (Lipinski definition) is 1. The van der Waals surface area contributed by atoms with E-state index in [-0.39, 0.29) is 35.5 Å². The molecule has 0 radical (unpaired) electrons. The Morgan fingerprint density at radius 2 is 1.93 bits per heavy atom. The van der Waals surface area contributed by atoms with Crippen LogP contribution in [-0.2, 0) is 9.53 Å². The molecule has 1 N–H and O–H groups in total. The normalized spacial score (nSPS) is 22.3. The van der Waals surface area contributed by atoms with Crippen LogP contribution >= 0.6 is 0 Å².